The van der Waals surface area contributed by atoms with Crippen LogP contribution in [0.4, 0.5) is 0 Å². The van der Waals surface area contributed by atoms with Crippen LogP contribution in [0.25, 0.3) is 10.8 Å². The van der Waals surface area contributed by atoms with Crippen LogP contribution in [0.2, 0.25) is 0 Å². The summed E-state index contributed by atoms with van der Waals surface area (Å²) >= 11 is 0. The van der Waals surface area contributed by atoms with Gasteiger partial charge >= 0.3 is 0 Å². The van der Waals surface area contributed by atoms with E-state index in [-0.39, 0.29) is 29.9 Å². The minimum atomic E-state index is -3.59. The van der Waals surface area contributed by atoms with Crippen molar-refractivity contribution in [1.82, 2.24) is 20.2 Å². The summed E-state index contributed by atoms with van der Waals surface area (Å²) in [6.45, 7) is 2.21. The minimum Gasteiger partial charge on any atom is -0.339 e. The summed E-state index contributed by atoms with van der Waals surface area (Å²) in [6, 6.07) is 13.0. The van der Waals surface area contributed by atoms with Crippen LogP contribution in [0, 0.1) is 0 Å². The standard InChI is InChI=1S/C18H22N4O3S.ClH/c1-13(19-2)11-17-21-18(25-22-17)9-10-20-26(23,24)16-8-7-14-5-3-4-6-15(14)12-16;/h3-8,12-13,19-20H,9-11H2,1-2H3;1H. The summed E-state index contributed by atoms with van der Waals surface area (Å²) in [5.74, 6) is 1.03. The fraction of sp³-hybridized carbons (Fsp3) is 0.333. The maximum absolute atomic E-state index is 12.5. The van der Waals surface area contributed by atoms with Gasteiger partial charge in [-0.05, 0) is 36.9 Å². The molecule has 3 rings (SSSR count). The van der Waals surface area contributed by atoms with Gasteiger partial charge in [0.15, 0.2) is 5.82 Å². The molecule has 7 nitrogen and oxygen atoms in total. The van der Waals surface area contributed by atoms with Crippen LogP contribution in [-0.4, -0.2) is 38.2 Å². The molecule has 1 atom stereocenters. The second-order valence-electron chi connectivity index (χ2n) is 6.15. The molecule has 0 bridgehead atoms. The van der Waals surface area contributed by atoms with Gasteiger partial charge in [0, 0.05) is 25.4 Å². The quantitative estimate of drug-likeness (QED) is 0.591. The fourth-order valence-corrected chi connectivity index (χ4v) is 3.63. The Labute approximate surface area is 165 Å². The van der Waals surface area contributed by atoms with Crippen molar-refractivity contribution in [2.24, 2.45) is 0 Å². The molecule has 9 heteroatoms. The number of sulfonamides is 1. The molecule has 0 fully saturated rings. The fourth-order valence-electron chi connectivity index (χ4n) is 2.56. The molecule has 3 aromatic rings. The zero-order valence-electron chi connectivity index (χ0n) is 15.2. The first-order valence-electron chi connectivity index (χ1n) is 8.45. The first-order chi connectivity index (χ1) is 12.5. The summed E-state index contributed by atoms with van der Waals surface area (Å²) in [7, 11) is -1.72. The number of hydrogen-bond acceptors (Lipinski definition) is 6. The molecule has 0 amide bonds. The largest absolute Gasteiger partial charge is 0.339 e. The summed E-state index contributed by atoms with van der Waals surface area (Å²) in [5.41, 5.74) is 0. The van der Waals surface area contributed by atoms with E-state index in [0.717, 1.165) is 10.8 Å². The molecule has 2 aromatic carbocycles. The normalized spacial score (nSPS) is 12.7. The molecule has 1 aromatic heterocycles. The molecule has 0 saturated carbocycles. The molecule has 0 aliphatic rings. The molecule has 0 saturated heterocycles. The second kappa shape index (κ2) is 9.27. The van der Waals surface area contributed by atoms with Gasteiger partial charge in [0.25, 0.3) is 0 Å². The Kier molecular flexibility index (Phi) is 7.32. The maximum atomic E-state index is 12.5. The topological polar surface area (TPSA) is 97.1 Å². The molecule has 1 heterocycles. The lowest BCUT2D eigenvalue weighted by molar-refractivity contribution is 0.371. The average molecular weight is 411 g/mol. The smallest absolute Gasteiger partial charge is 0.240 e. The van der Waals surface area contributed by atoms with E-state index in [1.807, 2.05) is 38.2 Å². The molecule has 1 unspecified atom stereocenters. The summed E-state index contributed by atoms with van der Waals surface area (Å²) < 4.78 is 32.7. The number of fused-ring (bicyclic) bond motifs is 1. The third-order valence-electron chi connectivity index (χ3n) is 4.15. The van der Waals surface area contributed by atoms with Crippen LogP contribution in [-0.2, 0) is 22.9 Å². The molecule has 2 N–H and O–H groups in total. The van der Waals surface area contributed by atoms with Crippen LogP contribution < -0.4 is 10.0 Å². The predicted molar refractivity (Wildman–Crippen MR) is 107 cm³/mol. The molecule has 146 valence electrons. The van der Waals surface area contributed by atoms with Gasteiger partial charge in [0.05, 0.1) is 4.90 Å². The Morgan fingerprint density at radius 3 is 2.63 bits per heavy atom. The highest BCUT2D eigenvalue weighted by atomic mass is 35.5. The van der Waals surface area contributed by atoms with Crippen molar-refractivity contribution in [3.63, 3.8) is 0 Å². The summed E-state index contributed by atoms with van der Waals surface area (Å²) in [5, 5.41) is 8.90. The molecule has 0 spiro atoms. The third kappa shape index (κ3) is 5.49. The lowest BCUT2D eigenvalue weighted by atomic mass is 10.1. The van der Waals surface area contributed by atoms with E-state index in [9.17, 15) is 8.42 Å². The van der Waals surface area contributed by atoms with Gasteiger partial charge in [0.1, 0.15) is 0 Å². The highest BCUT2D eigenvalue weighted by molar-refractivity contribution is 7.89. The predicted octanol–water partition coefficient (Wildman–Crippen LogP) is 2.32. The number of likely N-dealkylation sites (N-methyl/N-ethyl adjacent to an activating group) is 1. The minimum absolute atomic E-state index is 0. The van der Waals surface area contributed by atoms with Crippen molar-refractivity contribution in [1.29, 1.82) is 0 Å². The zero-order chi connectivity index (χ0) is 18.6. The molecular formula is C18H23ClN4O3S. The average Bonchev–Trinajstić information content (AvgIpc) is 3.08. The Bertz CT molecular complexity index is 991. The molecule has 27 heavy (non-hydrogen) atoms. The number of nitrogens with zero attached hydrogens (tertiary/aromatic N) is 2. The van der Waals surface area contributed by atoms with Gasteiger partial charge in [-0.3, -0.25) is 0 Å². The van der Waals surface area contributed by atoms with E-state index in [2.05, 4.69) is 20.2 Å². The van der Waals surface area contributed by atoms with E-state index in [4.69, 9.17) is 4.52 Å². The Morgan fingerprint density at radius 1 is 1.15 bits per heavy atom. The summed E-state index contributed by atoms with van der Waals surface area (Å²) in [6.07, 6.45) is 0.997. The number of aromatic nitrogens is 2. The van der Waals surface area contributed by atoms with Crippen molar-refractivity contribution < 1.29 is 12.9 Å². The van der Waals surface area contributed by atoms with Gasteiger partial charge in [-0.1, -0.05) is 35.5 Å². The number of halogens is 1. The van der Waals surface area contributed by atoms with Gasteiger partial charge < -0.3 is 9.84 Å². The van der Waals surface area contributed by atoms with Crippen molar-refractivity contribution in [2.45, 2.75) is 30.7 Å². The molecule has 0 aliphatic carbocycles. The van der Waals surface area contributed by atoms with E-state index in [1.54, 1.807) is 18.2 Å². The van der Waals surface area contributed by atoms with Crippen molar-refractivity contribution in [3.8, 4) is 0 Å². The second-order valence-corrected chi connectivity index (χ2v) is 7.92. The van der Waals surface area contributed by atoms with E-state index < -0.39 is 10.0 Å². The van der Waals surface area contributed by atoms with E-state index >= 15 is 0 Å². The van der Waals surface area contributed by atoms with Crippen LogP contribution in [0.1, 0.15) is 18.6 Å². The van der Waals surface area contributed by atoms with Gasteiger partial charge in [-0.25, -0.2) is 13.1 Å². The van der Waals surface area contributed by atoms with E-state index in [0.29, 0.717) is 24.6 Å². The number of hydrogen-bond donors (Lipinski definition) is 2. The zero-order valence-corrected chi connectivity index (χ0v) is 16.8. The summed E-state index contributed by atoms with van der Waals surface area (Å²) in [4.78, 5) is 4.52. The Balaban J connectivity index is 0.00000261. The Morgan fingerprint density at radius 2 is 1.89 bits per heavy atom. The van der Waals surface area contributed by atoms with Crippen molar-refractivity contribution in [3.05, 3.63) is 54.2 Å². The molecule has 0 aliphatic heterocycles. The third-order valence-corrected chi connectivity index (χ3v) is 5.61. The number of nitrogens with one attached hydrogen (secondary N) is 2. The van der Waals surface area contributed by atoms with Crippen LogP contribution in [0.5, 0.6) is 0 Å². The van der Waals surface area contributed by atoms with Crippen LogP contribution in [0.3, 0.4) is 0 Å². The van der Waals surface area contributed by atoms with Crippen LogP contribution >= 0.6 is 12.4 Å². The first kappa shape index (κ1) is 21.3. The number of rotatable bonds is 8. The lowest BCUT2D eigenvalue weighted by Crippen LogP contribution is -2.26. The molecule has 0 radical (unpaired) electrons. The van der Waals surface area contributed by atoms with Crippen molar-refractivity contribution in [2.75, 3.05) is 13.6 Å². The van der Waals surface area contributed by atoms with Gasteiger partial charge in [-0.15, -0.1) is 12.4 Å². The van der Waals surface area contributed by atoms with Gasteiger partial charge in [0.2, 0.25) is 15.9 Å². The highest BCUT2D eigenvalue weighted by Gasteiger charge is 2.15. The highest BCUT2D eigenvalue weighted by Crippen LogP contribution is 2.18. The molecular weight excluding hydrogens is 388 g/mol. The Hall–Kier alpha value is -2.00. The monoisotopic (exact) mass is 410 g/mol. The number of benzene rings is 2. The van der Waals surface area contributed by atoms with Crippen LogP contribution in [0.15, 0.2) is 51.9 Å². The first-order valence-corrected chi connectivity index (χ1v) is 9.93. The maximum Gasteiger partial charge on any atom is 0.240 e. The lowest BCUT2D eigenvalue weighted by Gasteiger charge is -2.07. The van der Waals surface area contributed by atoms with Crippen molar-refractivity contribution >= 4 is 33.2 Å². The van der Waals surface area contributed by atoms with Gasteiger partial charge in [-0.2, -0.15) is 4.98 Å². The SMILES string of the molecule is CNC(C)Cc1noc(CCNS(=O)(=O)c2ccc3ccccc3c2)n1.Cl. The van der Waals surface area contributed by atoms with E-state index in [1.165, 1.54) is 0 Å².